The van der Waals surface area contributed by atoms with Crippen LogP contribution in [0, 0.1) is 6.92 Å². The molecule has 2 aliphatic rings. The zero-order valence-electron chi connectivity index (χ0n) is 16.1. The summed E-state index contributed by atoms with van der Waals surface area (Å²) in [4.78, 5) is 21.3. The minimum absolute atomic E-state index is 0.0967. The Morgan fingerprint density at radius 2 is 2.07 bits per heavy atom. The molecule has 2 fully saturated rings. The fraction of sp³-hybridized carbons (Fsp3) is 0.667. The van der Waals surface area contributed by atoms with Crippen molar-refractivity contribution in [2.24, 2.45) is 0 Å². The maximum Gasteiger partial charge on any atom is 0.323 e. The van der Waals surface area contributed by atoms with E-state index < -0.39 is 0 Å². The van der Waals surface area contributed by atoms with E-state index in [0.29, 0.717) is 18.4 Å². The van der Waals surface area contributed by atoms with E-state index in [1.165, 1.54) is 0 Å². The van der Waals surface area contributed by atoms with Crippen molar-refractivity contribution in [3.05, 3.63) is 23.9 Å². The van der Waals surface area contributed by atoms with Crippen LogP contribution >= 0.6 is 0 Å². The predicted molar refractivity (Wildman–Crippen MR) is 102 cm³/mol. The van der Waals surface area contributed by atoms with Crippen LogP contribution < -0.4 is 5.32 Å². The number of hydrogen-bond acceptors (Lipinski definition) is 5. The average Bonchev–Trinajstić information content (AvgIpc) is 3.32. The lowest BCUT2D eigenvalue weighted by Crippen LogP contribution is -2.42. The molecule has 0 spiro atoms. The largest absolute Gasteiger partial charge is 0.324 e. The maximum atomic E-state index is 12.7. The standard InChI is InChI=1S/C18H28N8O/c1-13-19-17(22-21-13)14-4-3-8-25(12-14)18(27)20-16-7-11-26(23-16)15-5-9-24(2)10-6-15/h7,11,14-15H,3-6,8-10,12H2,1-2H3,(H,19,21,22)(H,20,23,27). The summed E-state index contributed by atoms with van der Waals surface area (Å²) >= 11 is 0. The average molecular weight is 372 g/mol. The first-order valence-corrected chi connectivity index (χ1v) is 9.77. The molecule has 4 heterocycles. The number of rotatable bonds is 3. The lowest BCUT2D eigenvalue weighted by Gasteiger charge is -2.31. The highest BCUT2D eigenvalue weighted by Crippen LogP contribution is 2.25. The molecule has 2 N–H and O–H groups in total. The van der Waals surface area contributed by atoms with Crippen LogP contribution in [0.15, 0.2) is 12.3 Å². The van der Waals surface area contributed by atoms with E-state index in [9.17, 15) is 4.79 Å². The number of piperidine rings is 2. The van der Waals surface area contributed by atoms with Crippen molar-refractivity contribution in [3.63, 3.8) is 0 Å². The van der Waals surface area contributed by atoms with E-state index in [1.807, 2.05) is 28.8 Å². The van der Waals surface area contributed by atoms with E-state index >= 15 is 0 Å². The molecule has 9 heteroatoms. The van der Waals surface area contributed by atoms with Gasteiger partial charge in [-0.2, -0.15) is 10.2 Å². The Morgan fingerprint density at radius 1 is 1.26 bits per heavy atom. The van der Waals surface area contributed by atoms with Gasteiger partial charge in [0, 0.05) is 31.3 Å². The van der Waals surface area contributed by atoms with Crippen molar-refractivity contribution in [3.8, 4) is 0 Å². The minimum atomic E-state index is -0.0967. The van der Waals surface area contributed by atoms with Crippen LogP contribution in [-0.2, 0) is 0 Å². The van der Waals surface area contributed by atoms with E-state index in [2.05, 4.69) is 37.5 Å². The summed E-state index contributed by atoms with van der Waals surface area (Å²) in [7, 11) is 2.15. The molecule has 0 bridgehead atoms. The number of aryl methyl sites for hydroxylation is 1. The molecule has 0 saturated carbocycles. The van der Waals surface area contributed by atoms with E-state index in [0.717, 1.165) is 57.0 Å². The van der Waals surface area contributed by atoms with E-state index in [1.54, 1.807) is 0 Å². The number of hydrogen-bond donors (Lipinski definition) is 2. The third-order valence-corrected chi connectivity index (χ3v) is 5.59. The number of aromatic amines is 1. The van der Waals surface area contributed by atoms with Gasteiger partial charge in [0.05, 0.1) is 6.04 Å². The van der Waals surface area contributed by atoms with Gasteiger partial charge in [-0.1, -0.05) is 0 Å². The zero-order chi connectivity index (χ0) is 18.8. The van der Waals surface area contributed by atoms with Crippen LogP contribution in [0.3, 0.4) is 0 Å². The molecule has 2 saturated heterocycles. The number of aromatic nitrogens is 5. The first kappa shape index (κ1) is 18.0. The molecule has 2 aromatic rings. The fourth-order valence-corrected chi connectivity index (χ4v) is 3.97. The molecule has 2 aliphatic heterocycles. The number of nitrogens with one attached hydrogen (secondary N) is 2. The Bertz CT molecular complexity index is 776. The first-order chi connectivity index (χ1) is 13.1. The monoisotopic (exact) mass is 372 g/mol. The van der Waals surface area contributed by atoms with Gasteiger partial charge in [0.1, 0.15) is 5.82 Å². The Labute approximate surface area is 159 Å². The molecule has 0 aromatic carbocycles. The van der Waals surface area contributed by atoms with Crippen molar-refractivity contribution >= 4 is 11.8 Å². The summed E-state index contributed by atoms with van der Waals surface area (Å²) in [5.74, 6) is 2.42. The van der Waals surface area contributed by atoms with Crippen LogP contribution in [-0.4, -0.2) is 74.0 Å². The van der Waals surface area contributed by atoms with Crippen molar-refractivity contribution in [2.45, 2.75) is 44.6 Å². The molecule has 0 aliphatic carbocycles. The highest BCUT2D eigenvalue weighted by Gasteiger charge is 2.27. The molecule has 1 unspecified atom stereocenters. The normalized spacial score (nSPS) is 22.1. The second-order valence-corrected chi connectivity index (χ2v) is 7.71. The Balaban J connectivity index is 1.35. The number of amides is 2. The summed E-state index contributed by atoms with van der Waals surface area (Å²) in [6.07, 6.45) is 6.12. The highest BCUT2D eigenvalue weighted by molar-refractivity contribution is 5.88. The summed E-state index contributed by atoms with van der Waals surface area (Å²) < 4.78 is 2.00. The maximum absolute atomic E-state index is 12.7. The van der Waals surface area contributed by atoms with Gasteiger partial charge in [-0.15, -0.1) is 0 Å². The summed E-state index contributed by atoms with van der Waals surface area (Å²) in [6, 6.07) is 2.21. The first-order valence-electron chi connectivity index (χ1n) is 9.77. The summed E-state index contributed by atoms with van der Waals surface area (Å²) in [5.41, 5.74) is 0. The van der Waals surface area contributed by atoms with Crippen molar-refractivity contribution < 1.29 is 4.79 Å². The molecule has 27 heavy (non-hydrogen) atoms. The fourth-order valence-electron chi connectivity index (χ4n) is 3.97. The lowest BCUT2D eigenvalue weighted by molar-refractivity contribution is 0.191. The smallest absolute Gasteiger partial charge is 0.323 e. The molecule has 9 nitrogen and oxygen atoms in total. The van der Waals surface area contributed by atoms with Crippen LogP contribution in [0.4, 0.5) is 10.6 Å². The predicted octanol–water partition coefficient (Wildman–Crippen LogP) is 1.99. The number of anilines is 1. The Morgan fingerprint density at radius 3 is 2.81 bits per heavy atom. The van der Waals surface area contributed by atoms with Gasteiger partial charge < -0.3 is 9.80 Å². The number of nitrogens with zero attached hydrogens (tertiary/aromatic N) is 6. The quantitative estimate of drug-likeness (QED) is 0.859. The van der Waals surface area contributed by atoms with Gasteiger partial charge in [-0.25, -0.2) is 9.78 Å². The van der Waals surface area contributed by atoms with E-state index in [-0.39, 0.29) is 11.9 Å². The number of carbonyl (C=O) groups is 1. The molecule has 4 rings (SSSR count). The molecular formula is C18H28N8O. The third kappa shape index (κ3) is 4.13. The van der Waals surface area contributed by atoms with Crippen molar-refractivity contribution in [1.82, 2.24) is 34.8 Å². The summed E-state index contributed by atoms with van der Waals surface area (Å²) in [6.45, 7) is 5.45. The number of urea groups is 1. The molecule has 1 atom stereocenters. The van der Waals surface area contributed by atoms with E-state index in [4.69, 9.17) is 0 Å². The SMILES string of the molecule is Cc1nc(C2CCCN(C(=O)Nc3ccn(C4CCN(C)CC4)n3)C2)n[nH]1. The molecular weight excluding hydrogens is 344 g/mol. The van der Waals surface area contributed by atoms with Gasteiger partial charge >= 0.3 is 6.03 Å². The topological polar surface area (TPSA) is 95.0 Å². The molecule has 2 aromatic heterocycles. The molecule has 146 valence electrons. The number of H-pyrrole nitrogens is 1. The Hall–Kier alpha value is -2.42. The minimum Gasteiger partial charge on any atom is -0.324 e. The van der Waals surface area contributed by atoms with Crippen LogP contribution in [0.2, 0.25) is 0 Å². The zero-order valence-corrected chi connectivity index (χ0v) is 16.1. The lowest BCUT2D eigenvalue weighted by atomic mass is 9.98. The highest BCUT2D eigenvalue weighted by atomic mass is 16.2. The second kappa shape index (κ2) is 7.67. The van der Waals surface area contributed by atoms with Gasteiger partial charge in [-0.3, -0.25) is 15.1 Å². The molecule has 2 amide bonds. The number of carbonyl (C=O) groups excluding carboxylic acids is 1. The van der Waals surface area contributed by atoms with Gasteiger partial charge in [0.15, 0.2) is 11.6 Å². The van der Waals surface area contributed by atoms with Crippen molar-refractivity contribution in [2.75, 3.05) is 38.5 Å². The van der Waals surface area contributed by atoms with Crippen LogP contribution in [0.1, 0.15) is 49.3 Å². The molecule has 0 radical (unpaired) electrons. The third-order valence-electron chi connectivity index (χ3n) is 5.59. The second-order valence-electron chi connectivity index (χ2n) is 7.71. The van der Waals surface area contributed by atoms with Crippen LogP contribution in [0.5, 0.6) is 0 Å². The van der Waals surface area contributed by atoms with Crippen LogP contribution in [0.25, 0.3) is 0 Å². The number of likely N-dealkylation sites (tertiary alicyclic amines) is 2. The van der Waals surface area contributed by atoms with Crippen molar-refractivity contribution in [1.29, 1.82) is 0 Å². The Kier molecular flexibility index (Phi) is 5.11. The van der Waals surface area contributed by atoms with Gasteiger partial charge in [-0.05, 0) is 52.7 Å². The van der Waals surface area contributed by atoms with Gasteiger partial charge in [0.2, 0.25) is 0 Å². The summed E-state index contributed by atoms with van der Waals surface area (Å²) in [5, 5.41) is 14.7. The van der Waals surface area contributed by atoms with Gasteiger partial charge in [0.25, 0.3) is 0 Å².